The monoisotopic (exact) mass is 370 g/mol. The number of quaternary nitrogens is 1. The summed E-state index contributed by atoms with van der Waals surface area (Å²) in [5, 5.41) is 4.30. The average Bonchev–Trinajstić information content (AvgIpc) is 3.26. The van der Waals surface area contributed by atoms with Crippen molar-refractivity contribution in [2.45, 2.75) is 6.18 Å². The number of halogens is 3. The predicted molar refractivity (Wildman–Crippen MR) is 92.0 cm³/mol. The van der Waals surface area contributed by atoms with Crippen LogP contribution >= 0.6 is 0 Å². The lowest BCUT2D eigenvalue weighted by Crippen LogP contribution is -2.50. The molecule has 2 aliphatic rings. The average molecular weight is 370 g/mol. The first kappa shape index (κ1) is 17.0. The van der Waals surface area contributed by atoms with Gasteiger partial charge in [-0.05, 0) is 52.1 Å². The molecule has 0 spiro atoms. The lowest BCUT2D eigenvalue weighted by atomic mass is 10.1. The number of hydrogen-bond acceptors (Lipinski definition) is 5. The maximum atomic E-state index is 12.6. The quantitative estimate of drug-likeness (QED) is 0.476. The van der Waals surface area contributed by atoms with Crippen LogP contribution in [0.3, 0.4) is 0 Å². The minimum atomic E-state index is -4.38. The van der Waals surface area contributed by atoms with E-state index in [1.54, 1.807) is 12.1 Å². The van der Waals surface area contributed by atoms with Crippen LogP contribution in [0.4, 0.5) is 13.2 Å². The molecule has 2 aromatic rings. The Hall–Kier alpha value is -3.48. The normalized spacial score (nSPS) is 21.0. The lowest BCUT2D eigenvalue weighted by Gasteiger charge is -2.17. The topological polar surface area (TPSA) is 76.2 Å². The van der Waals surface area contributed by atoms with Crippen LogP contribution < -0.4 is 5.84 Å². The Labute approximate surface area is 151 Å². The van der Waals surface area contributed by atoms with Crippen LogP contribution in [0, 0.1) is 11.8 Å². The van der Waals surface area contributed by atoms with Crippen molar-refractivity contribution in [3.05, 3.63) is 71.4 Å². The van der Waals surface area contributed by atoms with Crippen molar-refractivity contribution in [2.75, 3.05) is 0 Å². The van der Waals surface area contributed by atoms with E-state index in [1.807, 2.05) is 0 Å². The Morgan fingerprint density at radius 2 is 1.85 bits per heavy atom. The second-order valence-electron chi connectivity index (χ2n) is 5.71. The molecule has 27 heavy (non-hydrogen) atoms. The lowest BCUT2D eigenvalue weighted by molar-refractivity contribution is -0.803. The van der Waals surface area contributed by atoms with E-state index >= 15 is 0 Å². The van der Waals surface area contributed by atoms with Crippen LogP contribution in [0.15, 0.2) is 74.1 Å². The van der Waals surface area contributed by atoms with E-state index in [0.717, 1.165) is 12.1 Å². The first-order chi connectivity index (χ1) is 12.8. The fourth-order valence-electron chi connectivity index (χ4n) is 2.44. The molecule has 3 heterocycles. The molecule has 0 radical (unpaired) electrons. The maximum Gasteiger partial charge on any atom is 0.416 e. The Balaban J connectivity index is 1.58. The van der Waals surface area contributed by atoms with Crippen molar-refractivity contribution < 1.29 is 22.3 Å². The van der Waals surface area contributed by atoms with Gasteiger partial charge in [-0.1, -0.05) is 5.92 Å². The van der Waals surface area contributed by atoms with Crippen LogP contribution in [0.1, 0.15) is 16.9 Å². The van der Waals surface area contributed by atoms with Gasteiger partial charge < -0.3 is 4.42 Å². The van der Waals surface area contributed by atoms with Gasteiger partial charge in [-0.3, -0.25) is 0 Å². The number of benzene rings is 1. The summed E-state index contributed by atoms with van der Waals surface area (Å²) in [4.78, 5) is 8.44. The molecule has 9 heteroatoms. The SMILES string of the molecule is N[N+]12C=C(C#Cc3ccc(C(F)(F)F)cc3)N=CC1=NC(c1ccco1)=N2. The number of allylic oxidation sites excluding steroid dienone is 1. The molecule has 2 aliphatic heterocycles. The molecule has 134 valence electrons. The first-order valence-corrected chi connectivity index (χ1v) is 7.70. The number of rotatable bonds is 1. The molecule has 0 bridgehead atoms. The number of hydrogen-bond donors (Lipinski definition) is 1. The summed E-state index contributed by atoms with van der Waals surface area (Å²) in [6.07, 6.45) is 0.0522. The molecule has 1 unspecified atom stereocenters. The molecule has 6 nitrogen and oxygen atoms in total. The van der Waals surface area contributed by atoms with Gasteiger partial charge in [0.2, 0.25) is 0 Å². The fourth-order valence-corrected chi connectivity index (χ4v) is 2.44. The van der Waals surface area contributed by atoms with Gasteiger partial charge in [0.05, 0.1) is 11.8 Å². The third kappa shape index (κ3) is 3.31. The zero-order valence-corrected chi connectivity index (χ0v) is 13.6. The van der Waals surface area contributed by atoms with Crippen molar-refractivity contribution in [1.29, 1.82) is 0 Å². The molecule has 1 atom stereocenters. The Bertz CT molecular complexity index is 1070. The summed E-state index contributed by atoms with van der Waals surface area (Å²) in [5.41, 5.74) is 0.0104. The fraction of sp³-hybridized carbons (Fsp3) is 0.0556. The molecule has 2 N–H and O–H groups in total. The van der Waals surface area contributed by atoms with E-state index in [4.69, 9.17) is 10.3 Å². The summed E-state index contributed by atoms with van der Waals surface area (Å²) in [5.74, 6) is 12.9. The van der Waals surface area contributed by atoms with E-state index in [9.17, 15) is 13.2 Å². The molecule has 0 aliphatic carbocycles. The van der Waals surface area contributed by atoms with E-state index in [0.29, 0.717) is 28.7 Å². The highest BCUT2D eigenvalue weighted by Crippen LogP contribution is 2.29. The van der Waals surface area contributed by atoms with Crippen molar-refractivity contribution in [3.63, 3.8) is 0 Å². The highest BCUT2D eigenvalue weighted by Gasteiger charge is 2.39. The number of nitrogens with two attached hydrogens (primary N) is 1. The second-order valence-corrected chi connectivity index (χ2v) is 5.71. The van der Waals surface area contributed by atoms with Gasteiger partial charge in [-0.2, -0.15) is 18.2 Å². The minimum Gasteiger partial charge on any atom is -0.461 e. The summed E-state index contributed by atoms with van der Waals surface area (Å²) in [6.45, 7) is 0. The van der Waals surface area contributed by atoms with E-state index in [1.165, 1.54) is 30.8 Å². The second kappa shape index (κ2) is 6.05. The number of aliphatic imine (C=N–C) groups is 2. The summed E-state index contributed by atoms with van der Waals surface area (Å²) >= 11 is 0. The summed E-state index contributed by atoms with van der Waals surface area (Å²) in [7, 11) is 0. The number of alkyl halides is 3. The van der Waals surface area contributed by atoms with Gasteiger partial charge in [0, 0.05) is 5.56 Å². The zero-order valence-electron chi connectivity index (χ0n) is 13.6. The highest BCUT2D eigenvalue weighted by atomic mass is 19.4. The molecule has 1 aromatic heterocycles. The summed E-state index contributed by atoms with van der Waals surface area (Å²) < 4.78 is 42.6. The number of nitrogens with zero attached hydrogens (tertiary/aromatic N) is 4. The number of furan rings is 1. The Morgan fingerprint density at radius 1 is 1.07 bits per heavy atom. The van der Waals surface area contributed by atoms with Crippen LogP contribution in [0.25, 0.3) is 0 Å². The zero-order chi connectivity index (χ0) is 19.1. The largest absolute Gasteiger partial charge is 0.461 e. The van der Waals surface area contributed by atoms with Gasteiger partial charge in [0.25, 0.3) is 11.7 Å². The van der Waals surface area contributed by atoms with Crippen LogP contribution in [-0.2, 0) is 6.18 Å². The van der Waals surface area contributed by atoms with Gasteiger partial charge in [-0.15, -0.1) is 5.84 Å². The van der Waals surface area contributed by atoms with E-state index < -0.39 is 16.4 Å². The maximum absolute atomic E-state index is 12.6. The van der Waals surface area contributed by atoms with Crippen LogP contribution in [0.2, 0.25) is 0 Å². The van der Waals surface area contributed by atoms with Crippen LogP contribution in [-0.4, -0.2) is 22.6 Å². The smallest absolute Gasteiger partial charge is 0.416 e. The van der Waals surface area contributed by atoms with Crippen molar-refractivity contribution >= 4 is 17.9 Å². The molecular formula is C18H11F3N5O+. The van der Waals surface area contributed by atoms with Gasteiger partial charge >= 0.3 is 6.18 Å². The molecular weight excluding hydrogens is 359 g/mol. The van der Waals surface area contributed by atoms with Gasteiger partial charge in [0.15, 0.2) is 17.7 Å². The third-order valence-corrected chi connectivity index (χ3v) is 3.77. The predicted octanol–water partition coefficient (Wildman–Crippen LogP) is 3.04. The molecule has 4 rings (SSSR count). The molecule has 0 saturated carbocycles. The highest BCUT2D eigenvalue weighted by molar-refractivity contribution is 6.31. The molecule has 1 aromatic carbocycles. The van der Waals surface area contributed by atoms with Crippen molar-refractivity contribution in [1.82, 2.24) is 0 Å². The minimum absolute atomic E-state index is 0.320. The molecule has 0 saturated heterocycles. The number of fused-ring (bicyclic) bond motifs is 1. The van der Waals surface area contributed by atoms with Crippen molar-refractivity contribution in [2.24, 2.45) is 20.9 Å². The van der Waals surface area contributed by atoms with Crippen LogP contribution in [0.5, 0.6) is 0 Å². The Kier molecular flexibility index (Phi) is 3.80. The standard InChI is InChI=1S/C18H11F3N5O/c19-18(20,21)13-6-3-12(4-7-13)5-8-14-11-26(22)16(10-23-14)24-17(25-26)15-2-1-9-27-15/h1-4,6-7,9-11H,22H2/q+1. The third-order valence-electron chi connectivity index (χ3n) is 3.77. The van der Waals surface area contributed by atoms with E-state index in [2.05, 4.69) is 26.9 Å². The first-order valence-electron chi connectivity index (χ1n) is 7.70. The molecule has 0 amide bonds. The van der Waals surface area contributed by atoms with E-state index in [-0.39, 0.29) is 0 Å². The summed E-state index contributed by atoms with van der Waals surface area (Å²) in [6, 6.07) is 7.97. The van der Waals surface area contributed by atoms with Gasteiger partial charge in [0.1, 0.15) is 6.21 Å². The van der Waals surface area contributed by atoms with Gasteiger partial charge in [-0.25, -0.2) is 4.99 Å². The van der Waals surface area contributed by atoms with Crippen molar-refractivity contribution in [3.8, 4) is 11.8 Å². The number of amidine groups is 2. The Morgan fingerprint density at radius 3 is 2.52 bits per heavy atom. The molecule has 0 fully saturated rings.